The molecule has 3 nitrogen and oxygen atoms in total. The van der Waals surface area contributed by atoms with Crippen molar-refractivity contribution in [3.05, 3.63) is 12.2 Å². The first-order chi connectivity index (χ1) is 14.3. The van der Waals surface area contributed by atoms with Crippen LogP contribution < -0.4 is 0 Å². The van der Waals surface area contributed by atoms with Crippen LogP contribution in [0, 0.1) is 0 Å². The molecule has 3 heteroatoms. The van der Waals surface area contributed by atoms with Crippen LogP contribution >= 0.6 is 0 Å². The van der Waals surface area contributed by atoms with E-state index in [2.05, 4.69) is 16.9 Å². The van der Waals surface area contributed by atoms with E-state index in [-0.39, 0.29) is 5.97 Å². The number of methoxy groups -OCH3 is 1. The Balaban J connectivity index is 3.08. The van der Waals surface area contributed by atoms with Gasteiger partial charge in [-0.15, -0.1) is 0 Å². The van der Waals surface area contributed by atoms with Crippen LogP contribution in [0.1, 0.15) is 135 Å². The van der Waals surface area contributed by atoms with Crippen molar-refractivity contribution in [1.29, 1.82) is 0 Å². The Kier molecular flexibility index (Phi) is 24.5. The summed E-state index contributed by atoms with van der Waals surface area (Å²) in [7, 11) is 1.47. The molecule has 0 unspecified atom stereocenters. The number of carbonyl (C=O) groups is 1. The fourth-order valence-corrected chi connectivity index (χ4v) is 3.72. The minimum atomic E-state index is -0.0712. The summed E-state index contributed by atoms with van der Waals surface area (Å²) in [6, 6.07) is 0. The summed E-state index contributed by atoms with van der Waals surface area (Å²) < 4.78 is 4.65. The largest absolute Gasteiger partial charge is 0.469 e. The molecule has 0 saturated carbocycles. The Morgan fingerprint density at radius 1 is 0.586 bits per heavy atom. The van der Waals surface area contributed by atoms with Gasteiger partial charge in [0.05, 0.1) is 7.11 Å². The molecule has 0 radical (unpaired) electrons. The number of unbranched alkanes of at least 4 members (excludes halogenated alkanes) is 18. The lowest BCUT2D eigenvalue weighted by Gasteiger charge is -2.03. The molecule has 0 aliphatic carbocycles. The van der Waals surface area contributed by atoms with E-state index in [1.165, 1.54) is 116 Å². The smallest absolute Gasteiger partial charge is 0.305 e. The zero-order valence-electron chi connectivity index (χ0n) is 19.5. The lowest BCUT2D eigenvalue weighted by Crippen LogP contribution is -1.99. The molecule has 0 heterocycles. The first-order valence-electron chi connectivity index (χ1n) is 12.6. The summed E-state index contributed by atoms with van der Waals surface area (Å²) in [5.74, 6) is -0.0712. The van der Waals surface area contributed by atoms with Crippen molar-refractivity contribution < 1.29 is 14.6 Å². The molecule has 0 aliphatic rings. The highest BCUT2D eigenvalue weighted by Crippen LogP contribution is 2.13. The molecule has 1 N–H and O–H groups in total. The Morgan fingerprint density at radius 3 is 1.31 bits per heavy atom. The van der Waals surface area contributed by atoms with Crippen LogP contribution in [0.3, 0.4) is 0 Å². The minimum Gasteiger partial charge on any atom is -0.469 e. The van der Waals surface area contributed by atoms with Crippen LogP contribution in [-0.4, -0.2) is 24.8 Å². The van der Waals surface area contributed by atoms with E-state index >= 15 is 0 Å². The molecule has 0 saturated heterocycles. The summed E-state index contributed by atoms with van der Waals surface area (Å²) in [6.07, 6.45) is 31.0. The Morgan fingerprint density at radius 2 is 0.931 bits per heavy atom. The number of hydrogen-bond donors (Lipinski definition) is 1. The molecular weight excluding hydrogens is 360 g/mol. The van der Waals surface area contributed by atoms with Crippen LogP contribution in [0.2, 0.25) is 0 Å². The first-order valence-corrected chi connectivity index (χ1v) is 12.6. The summed E-state index contributed by atoms with van der Waals surface area (Å²) in [6.45, 7) is 0.352. The third-order valence-corrected chi connectivity index (χ3v) is 5.67. The fraction of sp³-hybridized carbons (Fsp3) is 0.885. The number of esters is 1. The Labute approximate surface area is 181 Å². The van der Waals surface area contributed by atoms with Gasteiger partial charge < -0.3 is 9.84 Å². The van der Waals surface area contributed by atoms with Gasteiger partial charge in [-0.2, -0.15) is 0 Å². The van der Waals surface area contributed by atoms with Crippen molar-refractivity contribution in [3.8, 4) is 0 Å². The number of ether oxygens (including phenoxy) is 1. The van der Waals surface area contributed by atoms with Gasteiger partial charge in [-0.05, 0) is 38.5 Å². The van der Waals surface area contributed by atoms with E-state index in [4.69, 9.17) is 5.11 Å². The number of hydrogen-bond acceptors (Lipinski definition) is 3. The number of aliphatic hydroxyl groups excluding tert-OH is 1. The molecule has 0 rings (SSSR count). The summed E-state index contributed by atoms with van der Waals surface area (Å²) >= 11 is 0. The predicted molar refractivity (Wildman–Crippen MR) is 125 cm³/mol. The average Bonchev–Trinajstić information content (AvgIpc) is 2.74. The van der Waals surface area contributed by atoms with Crippen molar-refractivity contribution in [2.75, 3.05) is 13.7 Å². The third kappa shape index (κ3) is 25.1. The fourth-order valence-electron chi connectivity index (χ4n) is 3.72. The van der Waals surface area contributed by atoms with Gasteiger partial charge >= 0.3 is 5.97 Å². The highest BCUT2D eigenvalue weighted by Gasteiger charge is 1.99. The molecule has 0 aliphatic heterocycles. The second kappa shape index (κ2) is 25.2. The standard InChI is InChI=1S/C26H50O3/c1-29-26(28)24-22-20-18-16-14-12-10-8-6-4-2-3-5-7-9-11-13-15-17-19-21-23-25-27/h7,9,27H,2-6,8,10-25H2,1H3/b9-7-. The lowest BCUT2D eigenvalue weighted by atomic mass is 10.0. The van der Waals surface area contributed by atoms with Gasteiger partial charge in [0.25, 0.3) is 0 Å². The molecule has 29 heavy (non-hydrogen) atoms. The van der Waals surface area contributed by atoms with Crippen LogP contribution in [-0.2, 0) is 9.53 Å². The minimum absolute atomic E-state index is 0.0712. The van der Waals surface area contributed by atoms with Crippen molar-refractivity contribution in [2.45, 2.75) is 135 Å². The zero-order chi connectivity index (χ0) is 21.3. The van der Waals surface area contributed by atoms with Crippen molar-refractivity contribution in [3.63, 3.8) is 0 Å². The first kappa shape index (κ1) is 28.2. The molecule has 0 bridgehead atoms. The maximum absolute atomic E-state index is 11.0. The van der Waals surface area contributed by atoms with Crippen LogP contribution in [0.5, 0.6) is 0 Å². The molecule has 0 fully saturated rings. The topological polar surface area (TPSA) is 46.5 Å². The molecule has 0 atom stereocenters. The monoisotopic (exact) mass is 410 g/mol. The van der Waals surface area contributed by atoms with Gasteiger partial charge in [0.1, 0.15) is 0 Å². The Bertz CT molecular complexity index is 352. The predicted octanol–water partition coefficient (Wildman–Crippen LogP) is 7.90. The van der Waals surface area contributed by atoms with E-state index in [1.54, 1.807) is 0 Å². The third-order valence-electron chi connectivity index (χ3n) is 5.67. The van der Waals surface area contributed by atoms with Gasteiger partial charge in [-0.1, -0.05) is 102 Å². The number of rotatable bonds is 23. The summed E-state index contributed by atoms with van der Waals surface area (Å²) in [4.78, 5) is 11.0. The van der Waals surface area contributed by atoms with Crippen molar-refractivity contribution >= 4 is 5.97 Å². The zero-order valence-corrected chi connectivity index (χ0v) is 19.5. The van der Waals surface area contributed by atoms with Gasteiger partial charge in [-0.3, -0.25) is 4.79 Å². The van der Waals surface area contributed by atoms with Gasteiger partial charge in [0.15, 0.2) is 0 Å². The summed E-state index contributed by atoms with van der Waals surface area (Å²) in [5.41, 5.74) is 0. The average molecular weight is 411 g/mol. The number of carbonyl (C=O) groups excluding carboxylic acids is 1. The molecule has 0 amide bonds. The maximum atomic E-state index is 11.0. The second-order valence-corrected chi connectivity index (χ2v) is 8.46. The molecule has 172 valence electrons. The SMILES string of the molecule is COC(=O)CCCCCCCCCCCCCC/C=C\CCCCCCCCO. The Hall–Kier alpha value is -0.830. The van der Waals surface area contributed by atoms with Gasteiger partial charge in [0.2, 0.25) is 0 Å². The van der Waals surface area contributed by atoms with Crippen LogP contribution in [0.15, 0.2) is 12.2 Å². The molecule has 0 aromatic carbocycles. The number of allylic oxidation sites excluding steroid dienone is 2. The molecule has 0 aromatic heterocycles. The number of aliphatic hydroxyl groups is 1. The van der Waals surface area contributed by atoms with Crippen molar-refractivity contribution in [1.82, 2.24) is 0 Å². The summed E-state index contributed by atoms with van der Waals surface area (Å²) in [5, 5.41) is 8.73. The van der Waals surface area contributed by atoms with Crippen LogP contribution in [0.4, 0.5) is 0 Å². The quantitative estimate of drug-likeness (QED) is 0.106. The maximum Gasteiger partial charge on any atom is 0.305 e. The normalized spacial score (nSPS) is 11.4. The van der Waals surface area contributed by atoms with Crippen molar-refractivity contribution in [2.24, 2.45) is 0 Å². The molecule has 0 spiro atoms. The van der Waals surface area contributed by atoms with Crippen LogP contribution in [0.25, 0.3) is 0 Å². The molecular formula is C26H50O3. The lowest BCUT2D eigenvalue weighted by molar-refractivity contribution is -0.140. The van der Waals surface area contributed by atoms with E-state index in [0.29, 0.717) is 13.0 Å². The van der Waals surface area contributed by atoms with Gasteiger partial charge in [0, 0.05) is 13.0 Å². The van der Waals surface area contributed by atoms with E-state index in [0.717, 1.165) is 19.3 Å². The van der Waals surface area contributed by atoms with E-state index < -0.39 is 0 Å². The second-order valence-electron chi connectivity index (χ2n) is 8.46. The highest BCUT2D eigenvalue weighted by atomic mass is 16.5. The molecule has 0 aromatic rings. The van der Waals surface area contributed by atoms with E-state index in [9.17, 15) is 4.79 Å². The van der Waals surface area contributed by atoms with E-state index in [1.807, 2.05) is 0 Å². The van der Waals surface area contributed by atoms with Gasteiger partial charge in [-0.25, -0.2) is 0 Å². The highest BCUT2D eigenvalue weighted by molar-refractivity contribution is 5.68.